The van der Waals surface area contributed by atoms with E-state index in [4.69, 9.17) is 14.4 Å². The van der Waals surface area contributed by atoms with Crippen LogP contribution < -0.4 is 0 Å². The smallest absolute Gasteiger partial charge is 0.235 e. The number of benzene rings is 8. The summed E-state index contributed by atoms with van der Waals surface area (Å²) in [5.41, 5.74) is 9.06. The van der Waals surface area contributed by atoms with Crippen molar-refractivity contribution >= 4 is 76.2 Å². The van der Waals surface area contributed by atoms with Gasteiger partial charge < -0.3 is 4.42 Å². The molecule has 11 aromatic rings. The van der Waals surface area contributed by atoms with Gasteiger partial charge in [0, 0.05) is 48.8 Å². The number of fused-ring (bicyclic) bond motifs is 11. The Morgan fingerprint density at radius 3 is 1.92 bits per heavy atom. The normalized spacial score (nSPS) is 12.0. The molecule has 8 aromatic carbocycles. The highest BCUT2D eigenvalue weighted by Gasteiger charge is 2.22. The van der Waals surface area contributed by atoms with Gasteiger partial charge in [0.1, 0.15) is 11.2 Å². The maximum atomic E-state index is 6.23. The van der Waals surface area contributed by atoms with E-state index in [9.17, 15) is 0 Å². The highest BCUT2D eigenvalue weighted by atomic mass is 16.3. The summed E-state index contributed by atoms with van der Waals surface area (Å²) in [5.74, 6) is 0.645. The van der Waals surface area contributed by atoms with Crippen LogP contribution in [0.3, 0.4) is 0 Å². The minimum absolute atomic E-state index is 0.645. The van der Waals surface area contributed by atoms with Crippen molar-refractivity contribution in [2.24, 2.45) is 0 Å². The zero-order valence-corrected chi connectivity index (χ0v) is 26.8. The topological polar surface area (TPSA) is 43.9 Å². The first-order chi connectivity index (χ1) is 24.8. The highest BCUT2D eigenvalue weighted by Crippen LogP contribution is 2.42. The minimum atomic E-state index is 0.645. The van der Waals surface area contributed by atoms with Crippen molar-refractivity contribution in [1.82, 2.24) is 14.5 Å². The van der Waals surface area contributed by atoms with Crippen molar-refractivity contribution in [3.8, 4) is 28.3 Å². The molecule has 0 amide bonds. The lowest BCUT2D eigenvalue weighted by Crippen LogP contribution is -2.05. The number of hydrogen-bond donors (Lipinski definition) is 0. The Morgan fingerprint density at radius 1 is 0.400 bits per heavy atom. The van der Waals surface area contributed by atoms with E-state index >= 15 is 0 Å². The first-order valence-corrected chi connectivity index (χ1v) is 16.9. The summed E-state index contributed by atoms with van der Waals surface area (Å²) < 4.78 is 8.54. The summed E-state index contributed by atoms with van der Waals surface area (Å²) in [6, 6.07) is 57.8. The number of rotatable bonds is 3. The SMILES string of the molecule is c1ccc(-c2nc(-n3c4c(-c5ccc6oc7ccccc7c6c5)cccc4c4ccc5ccccc5c43)nc3c2ccc2ccccc23)cc1. The lowest BCUT2D eigenvalue weighted by atomic mass is 9.99. The Morgan fingerprint density at radius 2 is 1.06 bits per heavy atom. The fraction of sp³-hybridized carbons (Fsp3) is 0. The zero-order valence-electron chi connectivity index (χ0n) is 26.8. The van der Waals surface area contributed by atoms with Gasteiger partial charge in [-0.3, -0.25) is 4.57 Å². The summed E-state index contributed by atoms with van der Waals surface area (Å²) in [6.45, 7) is 0. The van der Waals surface area contributed by atoms with Crippen LogP contribution in [0, 0.1) is 0 Å². The van der Waals surface area contributed by atoms with E-state index in [2.05, 4.69) is 156 Å². The summed E-state index contributed by atoms with van der Waals surface area (Å²) >= 11 is 0. The van der Waals surface area contributed by atoms with E-state index in [0.717, 1.165) is 87.8 Å². The van der Waals surface area contributed by atoms with Crippen molar-refractivity contribution in [1.29, 1.82) is 0 Å². The van der Waals surface area contributed by atoms with E-state index in [1.807, 2.05) is 12.1 Å². The molecule has 0 saturated carbocycles. The molecule has 0 aliphatic carbocycles. The fourth-order valence-electron chi connectivity index (χ4n) is 7.92. The second-order valence-corrected chi connectivity index (χ2v) is 13.0. The lowest BCUT2D eigenvalue weighted by Gasteiger charge is -2.15. The summed E-state index contributed by atoms with van der Waals surface area (Å²) in [5, 5.41) is 10.1. The molecule has 232 valence electrons. The van der Waals surface area contributed by atoms with Crippen LogP contribution in [0.15, 0.2) is 168 Å². The molecule has 3 aromatic heterocycles. The van der Waals surface area contributed by atoms with Crippen LogP contribution in [0.4, 0.5) is 0 Å². The lowest BCUT2D eigenvalue weighted by molar-refractivity contribution is 0.669. The Kier molecular flexibility index (Phi) is 5.63. The molecular formula is C46H27N3O. The predicted octanol–water partition coefficient (Wildman–Crippen LogP) is 12.3. The summed E-state index contributed by atoms with van der Waals surface area (Å²) in [4.78, 5) is 11.0. The largest absolute Gasteiger partial charge is 0.456 e. The van der Waals surface area contributed by atoms with Crippen molar-refractivity contribution in [2.75, 3.05) is 0 Å². The molecule has 0 N–H and O–H groups in total. The third-order valence-electron chi connectivity index (χ3n) is 10.2. The monoisotopic (exact) mass is 637 g/mol. The summed E-state index contributed by atoms with van der Waals surface area (Å²) in [6.07, 6.45) is 0. The van der Waals surface area contributed by atoms with E-state index in [1.165, 1.54) is 10.8 Å². The number of aromatic nitrogens is 3. The first kappa shape index (κ1) is 27.2. The molecule has 50 heavy (non-hydrogen) atoms. The fourth-order valence-corrected chi connectivity index (χ4v) is 7.92. The summed E-state index contributed by atoms with van der Waals surface area (Å²) in [7, 11) is 0. The van der Waals surface area contributed by atoms with E-state index < -0.39 is 0 Å². The van der Waals surface area contributed by atoms with E-state index in [0.29, 0.717) is 5.95 Å². The van der Waals surface area contributed by atoms with Gasteiger partial charge in [-0.2, -0.15) is 0 Å². The average molecular weight is 638 g/mol. The molecule has 0 bridgehead atoms. The van der Waals surface area contributed by atoms with Crippen LogP contribution in [-0.4, -0.2) is 14.5 Å². The maximum Gasteiger partial charge on any atom is 0.235 e. The highest BCUT2D eigenvalue weighted by molar-refractivity contribution is 6.21. The van der Waals surface area contributed by atoms with Crippen molar-refractivity contribution < 1.29 is 4.42 Å². The van der Waals surface area contributed by atoms with Gasteiger partial charge in [-0.1, -0.05) is 140 Å². The van der Waals surface area contributed by atoms with Gasteiger partial charge in [0.05, 0.1) is 22.2 Å². The number of para-hydroxylation sites is 2. The standard InChI is InChI=1S/C46H27N3O/c1-2-13-30(14-3-1)42-38-25-22-28-11-4-6-15-32(28)43(38)48-46(47-42)49-44-33-16-7-5-12-29(33)21-24-37(44)36-19-10-18-34(45(36)49)31-23-26-41-39(27-31)35-17-8-9-20-40(35)50-41/h1-27H. The molecule has 0 fully saturated rings. The molecular weight excluding hydrogens is 611 g/mol. The van der Waals surface area contributed by atoms with E-state index in [1.54, 1.807) is 0 Å². The Balaban J connectivity index is 1.32. The molecule has 0 radical (unpaired) electrons. The molecule has 0 aliphatic rings. The molecule has 0 saturated heterocycles. The van der Waals surface area contributed by atoms with Crippen LogP contribution in [-0.2, 0) is 0 Å². The third-order valence-corrected chi connectivity index (χ3v) is 10.2. The number of furan rings is 1. The average Bonchev–Trinajstić information content (AvgIpc) is 3.73. The number of hydrogen-bond acceptors (Lipinski definition) is 3. The quantitative estimate of drug-likeness (QED) is 0.181. The Hall–Kier alpha value is -6.78. The van der Waals surface area contributed by atoms with Crippen molar-refractivity contribution in [3.05, 3.63) is 164 Å². The van der Waals surface area contributed by atoms with Crippen molar-refractivity contribution in [2.45, 2.75) is 0 Å². The minimum Gasteiger partial charge on any atom is -0.456 e. The predicted molar refractivity (Wildman–Crippen MR) is 207 cm³/mol. The maximum absolute atomic E-state index is 6.23. The molecule has 0 atom stereocenters. The van der Waals surface area contributed by atoms with Gasteiger partial charge in [0.25, 0.3) is 0 Å². The molecule has 4 heteroatoms. The second kappa shape index (κ2) is 10.4. The van der Waals surface area contributed by atoms with Gasteiger partial charge in [0.2, 0.25) is 5.95 Å². The van der Waals surface area contributed by atoms with Crippen LogP contribution in [0.25, 0.3) is 105 Å². The van der Waals surface area contributed by atoms with Gasteiger partial charge in [-0.05, 0) is 40.6 Å². The van der Waals surface area contributed by atoms with Gasteiger partial charge in [0.15, 0.2) is 0 Å². The van der Waals surface area contributed by atoms with Crippen molar-refractivity contribution in [3.63, 3.8) is 0 Å². The molecule has 0 unspecified atom stereocenters. The molecule has 4 nitrogen and oxygen atoms in total. The Labute approximate surface area is 286 Å². The van der Waals surface area contributed by atoms with Gasteiger partial charge in [-0.25, -0.2) is 9.97 Å². The third kappa shape index (κ3) is 3.87. The molecule has 0 spiro atoms. The Bertz CT molecular complexity index is 3150. The number of nitrogens with zero attached hydrogens (tertiary/aromatic N) is 3. The molecule has 11 rings (SSSR count). The van der Waals surface area contributed by atoms with Crippen LogP contribution in [0.5, 0.6) is 0 Å². The van der Waals surface area contributed by atoms with Crippen LogP contribution >= 0.6 is 0 Å². The molecule has 0 aliphatic heterocycles. The first-order valence-electron chi connectivity index (χ1n) is 16.9. The zero-order chi connectivity index (χ0) is 32.8. The van der Waals surface area contributed by atoms with Crippen LogP contribution in [0.1, 0.15) is 0 Å². The second-order valence-electron chi connectivity index (χ2n) is 13.0. The van der Waals surface area contributed by atoms with Crippen LogP contribution in [0.2, 0.25) is 0 Å². The van der Waals surface area contributed by atoms with E-state index in [-0.39, 0.29) is 0 Å². The van der Waals surface area contributed by atoms with Gasteiger partial charge >= 0.3 is 0 Å². The van der Waals surface area contributed by atoms with Gasteiger partial charge in [-0.15, -0.1) is 0 Å². The molecule has 3 heterocycles.